The monoisotopic (exact) mass is 852 g/mol. The minimum Gasteiger partial charge on any atom is -0.390 e. The van der Waals surface area contributed by atoms with E-state index in [1.807, 2.05) is 13.8 Å². The second kappa shape index (κ2) is 36.2. The van der Waals surface area contributed by atoms with Crippen molar-refractivity contribution in [2.24, 2.45) is 0 Å². The maximum absolute atomic E-state index is 9.47. The molecule has 0 unspecified atom stereocenters. The molecule has 204 valence electrons. The molecule has 0 aliphatic heterocycles. The van der Waals surface area contributed by atoms with Gasteiger partial charge in [-0.2, -0.15) is 0 Å². The van der Waals surface area contributed by atoms with E-state index in [9.17, 15) is 19.2 Å². The summed E-state index contributed by atoms with van der Waals surface area (Å²) >= 11 is 0. The summed E-state index contributed by atoms with van der Waals surface area (Å²) in [6, 6.07) is 0.261. The SMILES string of the molecule is C.CCCC[Si](O)(O)O[Si](O)(O)CCCC.CO[Si](O)(O)OC.[CH3-].[CH3-].[CH3-].[CH3-].[CH3-].[CH3-].[W].[W]. The first-order valence-corrected chi connectivity index (χ1v) is 12.8. The van der Waals surface area contributed by atoms with Crippen LogP contribution in [0.4, 0.5) is 0 Å². The number of unbranched alkanes of at least 4 members (excludes halogenated alkanes) is 2. The largest absolute Gasteiger partial charge is 0.673 e. The van der Waals surface area contributed by atoms with Crippen LogP contribution in [0.15, 0.2) is 0 Å². The molecule has 0 spiro atoms. The van der Waals surface area contributed by atoms with Gasteiger partial charge in [-0.15, -0.1) is 0 Å². The fraction of sp³-hybridized carbons (Fsp3) is 0.647. The van der Waals surface area contributed by atoms with Gasteiger partial charge in [0.25, 0.3) is 0 Å². The zero-order valence-corrected chi connectivity index (χ0v) is 29.3. The first kappa shape index (κ1) is 69.8. The summed E-state index contributed by atoms with van der Waals surface area (Å²) in [6.45, 7) is 3.84. The van der Waals surface area contributed by atoms with Gasteiger partial charge >= 0.3 is 26.7 Å². The maximum Gasteiger partial charge on any atom is 0.673 e. The third kappa shape index (κ3) is 49.8. The van der Waals surface area contributed by atoms with Crippen molar-refractivity contribution in [3.8, 4) is 0 Å². The fourth-order valence-corrected chi connectivity index (χ4v) is 5.97. The molecule has 0 aromatic rings. The summed E-state index contributed by atoms with van der Waals surface area (Å²) < 4.78 is 13.0. The van der Waals surface area contributed by atoms with Crippen LogP contribution in [0.3, 0.4) is 0 Å². The Morgan fingerprint density at radius 2 is 0.806 bits per heavy atom. The fourth-order valence-electron chi connectivity index (χ4n) is 1.26. The summed E-state index contributed by atoms with van der Waals surface area (Å²) in [7, 11) is -8.99. The topological polar surface area (TPSA) is 149 Å². The van der Waals surface area contributed by atoms with Crippen LogP contribution < -0.4 is 0 Å². The molecule has 0 aromatic carbocycles. The standard InChI is InChI=1S/C8H22O5Si2.C2H8O4Si.CH4.6CH3.2W/c1-3-5-7-14(9,10)13-15(11,12)8-6-4-2;1-5-7(3,4)6-2;;;;;;;;;/h9-12H,3-8H2,1-2H3;3-4H,1-2H3;1H4;6*1H3;;/q;;;6*-1;;. The quantitative estimate of drug-likeness (QED) is 0.144. The third-order valence-corrected chi connectivity index (χ3v) is 8.26. The van der Waals surface area contributed by atoms with Crippen LogP contribution in [0.5, 0.6) is 0 Å². The van der Waals surface area contributed by atoms with E-state index in [1.165, 1.54) is 14.2 Å². The molecule has 0 bridgehead atoms. The molecule has 0 atom stereocenters. The Kier molecular flexibility index (Phi) is 81.6. The van der Waals surface area contributed by atoms with E-state index >= 15 is 0 Å². The Labute approximate surface area is 227 Å². The smallest absolute Gasteiger partial charge is 0.390 e. The van der Waals surface area contributed by atoms with Gasteiger partial charge in [0.1, 0.15) is 0 Å². The van der Waals surface area contributed by atoms with Gasteiger partial charge in [0.15, 0.2) is 0 Å². The predicted molar refractivity (Wildman–Crippen MR) is 130 cm³/mol. The van der Waals surface area contributed by atoms with Gasteiger partial charge in [-0.25, -0.2) is 0 Å². The minimum absolute atomic E-state index is 0. The first-order chi connectivity index (χ1) is 9.95. The van der Waals surface area contributed by atoms with Crippen LogP contribution in [0, 0.1) is 44.6 Å². The second-order valence-electron chi connectivity index (χ2n) is 4.75. The van der Waals surface area contributed by atoms with E-state index in [2.05, 4.69) is 8.85 Å². The molecule has 0 heterocycles. The zero-order valence-electron chi connectivity index (χ0n) is 20.5. The van der Waals surface area contributed by atoms with Gasteiger partial charge in [0, 0.05) is 68.4 Å². The Bertz CT molecular complexity index is 270. The van der Waals surface area contributed by atoms with Crippen molar-refractivity contribution < 1.29 is 83.9 Å². The molecule has 6 N–H and O–H groups in total. The van der Waals surface area contributed by atoms with E-state index in [0.29, 0.717) is 12.8 Å². The molecular weight excluding hydrogens is 800 g/mol. The van der Waals surface area contributed by atoms with Crippen molar-refractivity contribution in [1.82, 2.24) is 0 Å². The van der Waals surface area contributed by atoms with Crippen LogP contribution in [-0.4, -0.2) is 69.7 Å². The summed E-state index contributed by atoms with van der Waals surface area (Å²) in [6.07, 6.45) is 2.88. The molecule has 0 saturated carbocycles. The first-order valence-electron chi connectivity index (χ1n) is 7.10. The van der Waals surface area contributed by atoms with Crippen molar-refractivity contribution in [2.45, 2.75) is 59.0 Å². The van der Waals surface area contributed by atoms with Gasteiger partial charge in [-0.1, -0.05) is 34.1 Å². The van der Waals surface area contributed by atoms with Crippen LogP contribution >= 0.6 is 0 Å². The molecule has 0 saturated heterocycles. The van der Waals surface area contributed by atoms with Crippen molar-refractivity contribution in [2.75, 3.05) is 14.2 Å². The van der Waals surface area contributed by atoms with Gasteiger partial charge < -0.3 is 86.3 Å². The van der Waals surface area contributed by atoms with Gasteiger partial charge in [-0.05, 0) is 12.8 Å². The number of hydrogen-bond acceptors (Lipinski definition) is 9. The molecule has 0 rings (SSSR count). The van der Waals surface area contributed by atoms with Gasteiger partial charge in [-0.3, -0.25) is 0 Å². The van der Waals surface area contributed by atoms with Crippen LogP contribution in [0.2, 0.25) is 12.1 Å². The van der Waals surface area contributed by atoms with E-state index in [1.54, 1.807) is 0 Å². The molecule has 0 amide bonds. The van der Waals surface area contributed by atoms with E-state index in [-0.39, 0.29) is 106 Å². The Morgan fingerprint density at radius 3 is 0.935 bits per heavy atom. The molecule has 0 fully saturated rings. The summed E-state index contributed by atoms with van der Waals surface area (Å²) in [4.78, 5) is 54.6. The van der Waals surface area contributed by atoms with Crippen molar-refractivity contribution >= 4 is 26.7 Å². The summed E-state index contributed by atoms with van der Waals surface area (Å²) in [5, 5.41) is 0. The van der Waals surface area contributed by atoms with Crippen molar-refractivity contribution in [1.29, 1.82) is 0 Å². The zero-order chi connectivity index (χ0) is 17.9. The van der Waals surface area contributed by atoms with E-state index < -0.39 is 26.7 Å². The summed E-state index contributed by atoms with van der Waals surface area (Å²) in [5.41, 5.74) is 0. The average Bonchev–Trinajstić information content (AvgIpc) is 2.42. The molecule has 0 aliphatic rings. The normalized spacial score (nSPS) is 9.10. The van der Waals surface area contributed by atoms with E-state index in [4.69, 9.17) is 13.7 Å². The minimum atomic E-state index is -3.85. The van der Waals surface area contributed by atoms with Crippen molar-refractivity contribution in [3.63, 3.8) is 0 Å². The molecular formula is C17H52O9Si3W2-6. The van der Waals surface area contributed by atoms with Crippen molar-refractivity contribution in [3.05, 3.63) is 44.6 Å². The summed E-state index contributed by atoms with van der Waals surface area (Å²) in [5.74, 6) is 0. The molecule has 0 radical (unpaired) electrons. The van der Waals surface area contributed by atoms with Gasteiger partial charge in [0.2, 0.25) is 0 Å². The second-order valence-corrected chi connectivity index (χ2v) is 11.5. The Morgan fingerprint density at radius 1 is 0.581 bits per heavy atom. The Hall–Kier alpha value is 1.67. The maximum atomic E-state index is 9.47. The van der Waals surface area contributed by atoms with E-state index in [0.717, 1.165) is 12.8 Å². The van der Waals surface area contributed by atoms with Crippen LogP contribution in [-0.2, 0) is 55.1 Å². The molecule has 31 heavy (non-hydrogen) atoms. The predicted octanol–water partition coefficient (Wildman–Crippen LogP) is 2.48. The number of rotatable bonds is 10. The molecule has 0 aromatic heterocycles. The Balaban J connectivity index is -0.0000000250. The van der Waals surface area contributed by atoms with Crippen LogP contribution in [0.25, 0.3) is 0 Å². The third-order valence-electron chi connectivity index (χ3n) is 2.57. The molecule has 14 heteroatoms. The molecule has 0 aliphatic carbocycles. The van der Waals surface area contributed by atoms with Crippen LogP contribution in [0.1, 0.15) is 47.0 Å². The van der Waals surface area contributed by atoms with Gasteiger partial charge in [0.05, 0.1) is 0 Å². The average molecular weight is 853 g/mol. The number of hydrogen-bond donors (Lipinski definition) is 6. The molecule has 9 nitrogen and oxygen atoms in total.